The summed E-state index contributed by atoms with van der Waals surface area (Å²) >= 11 is 0. The van der Waals surface area contributed by atoms with Crippen molar-refractivity contribution in [2.45, 2.75) is 44.9 Å². The van der Waals surface area contributed by atoms with E-state index in [0.29, 0.717) is 5.92 Å². The maximum absolute atomic E-state index is 13.2. The first-order chi connectivity index (χ1) is 12.3. The molecule has 1 heterocycles. The molecular formula is C21H32N2OS. The molecule has 0 saturated carbocycles. The molecule has 1 atom stereocenters. The van der Waals surface area contributed by atoms with Gasteiger partial charge in [0.25, 0.3) is 0 Å². The second-order valence-electron chi connectivity index (χ2n) is 6.31. The molecule has 1 aliphatic heterocycles. The lowest BCUT2D eigenvalue weighted by molar-refractivity contribution is 0.296. The van der Waals surface area contributed by atoms with Gasteiger partial charge in [-0.3, -0.25) is 0 Å². The molecule has 2 aromatic carbocycles. The zero-order valence-corrected chi connectivity index (χ0v) is 16.6. The fraction of sp³-hybridized carbons (Fsp3) is 0.524. The number of benzene rings is 2. The third-order valence-corrected chi connectivity index (χ3v) is 6.10. The van der Waals surface area contributed by atoms with Crippen LogP contribution in [0.4, 0.5) is 0 Å². The van der Waals surface area contributed by atoms with Crippen molar-refractivity contribution < 1.29 is 4.21 Å². The predicted octanol–water partition coefficient (Wildman–Crippen LogP) is 4.60. The molecule has 1 fully saturated rings. The molecule has 4 heteroatoms. The Balaban J connectivity index is 0.00000109. The molecule has 3 nitrogen and oxygen atoms in total. The smallest absolute Gasteiger partial charge is 0.128 e. The van der Waals surface area contributed by atoms with E-state index < -0.39 is 11.0 Å². The molecule has 0 amide bonds. The number of piperidine rings is 1. The summed E-state index contributed by atoms with van der Waals surface area (Å²) < 4.78 is 15.4. The molecule has 1 unspecified atom stereocenters. The summed E-state index contributed by atoms with van der Waals surface area (Å²) in [6, 6.07) is 14.4. The van der Waals surface area contributed by atoms with Crippen molar-refractivity contribution in [2.24, 2.45) is 5.92 Å². The van der Waals surface area contributed by atoms with Gasteiger partial charge < -0.3 is 5.32 Å². The molecule has 2 aromatic rings. The highest BCUT2D eigenvalue weighted by atomic mass is 32.2. The fourth-order valence-corrected chi connectivity index (χ4v) is 4.87. The topological polar surface area (TPSA) is 32.3 Å². The van der Waals surface area contributed by atoms with Crippen LogP contribution in [-0.4, -0.2) is 34.7 Å². The van der Waals surface area contributed by atoms with Crippen LogP contribution in [0.25, 0.3) is 10.8 Å². The zero-order valence-electron chi connectivity index (χ0n) is 15.8. The van der Waals surface area contributed by atoms with Crippen LogP contribution < -0.4 is 5.32 Å². The highest BCUT2D eigenvalue weighted by Crippen LogP contribution is 2.25. The van der Waals surface area contributed by atoms with Crippen molar-refractivity contribution in [3.05, 3.63) is 42.5 Å². The van der Waals surface area contributed by atoms with E-state index in [1.807, 2.05) is 38.1 Å². The Bertz CT molecular complexity index is 662. The minimum Gasteiger partial charge on any atom is -0.317 e. The molecule has 0 aliphatic carbocycles. The summed E-state index contributed by atoms with van der Waals surface area (Å²) in [5.74, 6) is 0.654. The molecule has 25 heavy (non-hydrogen) atoms. The third-order valence-electron chi connectivity index (χ3n) is 4.57. The van der Waals surface area contributed by atoms with Crippen molar-refractivity contribution in [3.63, 3.8) is 0 Å². The van der Waals surface area contributed by atoms with Gasteiger partial charge in [-0.15, -0.1) is 0 Å². The van der Waals surface area contributed by atoms with Gasteiger partial charge in [0.2, 0.25) is 0 Å². The van der Waals surface area contributed by atoms with E-state index in [0.717, 1.165) is 48.3 Å². The summed E-state index contributed by atoms with van der Waals surface area (Å²) in [7, 11) is -1.08. The maximum Gasteiger partial charge on any atom is 0.128 e. The fourth-order valence-electron chi connectivity index (χ4n) is 3.33. The molecule has 1 saturated heterocycles. The molecule has 0 radical (unpaired) electrons. The van der Waals surface area contributed by atoms with E-state index in [2.05, 4.69) is 34.7 Å². The quantitative estimate of drug-likeness (QED) is 0.816. The van der Waals surface area contributed by atoms with Gasteiger partial charge in [0.1, 0.15) is 11.0 Å². The van der Waals surface area contributed by atoms with Gasteiger partial charge in [-0.25, -0.2) is 8.51 Å². The third kappa shape index (κ3) is 5.37. The first-order valence-electron chi connectivity index (χ1n) is 9.65. The van der Waals surface area contributed by atoms with Crippen LogP contribution in [0.2, 0.25) is 0 Å². The van der Waals surface area contributed by atoms with Gasteiger partial charge in [-0.05, 0) is 55.1 Å². The lowest BCUT2D eigenvalue weighted by Gasteiger charge is -2.29. The van der Waals surface area contributed by atoms with Crippen LogP contribution in [0, 0.1) is 5.92 Å². The van der Waals surface area contributed by atoms with Crippen LogP contribution in [0.15, 0.2) is 47.4 Å². The number of fused-ring (bicyclic) bond motifs is 1. The average molecular weight is 361 g/mol. The lowest BCUT2D eigenvalue weighted by Crippen LogP contribution is -2.37. The Morgan fingerprint density at radius 1 is 1.08 bits per heavy atom. The number of nitrogens with zero attached hydrogens (tertiary/aromatic N) is 1. The number of nitrogens with one attached hydrogen (secondary N) is 1. The Kier molecular flexibility index (Phi) is 8.59. The van der Waals surface area contributed by atoms with Crippen molar-refractivity contribution in [1.29, 1.82) is 0 Å². The first kappa shape index (κ1) is 20.1. The molecule has 3 rings (SSSR count). The molecule has 1 aliphatic rings. The number of rotatable bonds is 6. The number of hydrogen-bond donors (Lipinski definition) is 1. The minimum absolute atomic E-state index is 0.654. The van der Waals surface area contributed by atoms with Crippen LogP contribution in [0.1, 0.15) is 40.0 Å². The Labute approximate surface area is 155 Å². The Hall–Kier alpha value is -1.23. The Morgan fingerprint density at radius 3 is 2.48 bits per heavy atom. The minimum atomic E-state index is -1.08. The second kappa shape index (κ2) is 10.7. The summed E-state index contributed by atoms with van der Waals surface area (Å²) in [6.07, 6.45) is 3.40. The lowest BCUT2D eigenvalue weighted by atomic mass is 9.98. The van der Waals surface area contributed by atoms with Gasteiger partial charge in [-0.2, -0.15) is 0 Å². The van der Waals surface area contributed by atoms with E-state index in [4.69, 9.17) is 0 Å². The molecule has 0 spiro atoms. The normalized spacial score (nSPS) is 16.5. The van der Waals surface area contributed by atoms with E-state index >= 15 is 0 Å². The largest absolute Gasteiger partial charge is 0.317 e. The van der Waals surface area contributed by atoms with E-state index in [1.165, 1.54) is 12.8 Å². The monoisotopic (exact) mass is 360 g/mol. The van der Waals surface area contributed by atoms with E-state index in [1.54, 1.807) is 0 Å². The van der Waals surface area contributed by atoms with Crippen LogP contribution >= 0.6 is 0 Å². The summed E-state index contributed by atoms with van der Waals surface area (Å²) in [6.45, 7) is 10.2. The molecule has 138 valence electrons. The van der Waals surface area contributed by atoms with E-state index in [-0.39, 0.29) is 0 Å². The van der Waals surface area contributed by atoms with Crippen molar-refractivity contribution in [3.8, 4) is 0 Å². The molecule has 0 aromatic heterocycles. The number of hydrogen-bond acceptors (Lipinski definition) is 2. The van der Waals surface area contributed by atoms with Gasteiger partial charge in [0, 0.05) is 13.1 Å². The standard InChI is InChI=1S/C19H26N2OS.C2H6/c1-2-14-21(15-16-10-12-20-13-11-16)23(22)19-9-5-7-17-6-3-4-8-18(17)19;1-2/h3-9,16,20H,2,10-15H2,1H3;1-2H3. The van der Waals surface area contributed by atoms with E-state index in [9.17, 15) is 4.21 Å². The van der Waals surface area contributed by atoms with Crippen molar-refractivity contribution >= 4 is 21.8 Å². The predicted molar refractivity (Wildman–Crippen MR) is 109 cm³/mol. The Morgan fingerprint density at radius 2 is 1.76 bits per heavy atom. The highest BCUT2D eigenvalue weighted by Gasteiger charge is 2.22. The summed E-state index contributed by atoms with van der Waals surface area (Å²) in [4.78, 5) is 0.950. The van der Waals surface area contributed by atoms with Crippen LogP contribution in [-0.2, 0) is 11.0 Å². The molecular weight excluding hydrogens is 328 g/mol. The zero-order chi connectivity index (χ0) is 18.1. The second-order valence-corrected chi connectivity index (χ2v) is 7.76. The summed E-state index contributed by atoms with van der Waals surface area (Å²) in [5, 5.41) is 5.69. The molecule has 1 N–H and O–H groups in total. The first-order valence-corrected chi connectivity index (χ1v) is 10.8. The average Bonchev–Trinajstić information content (AvgIpc) is 2.69. The molecule has 0 bridgehead atoms. The highest BCUT2D eigenvalue weighted by molar-refractivity contribution is 7.83. The van der Waals surface area contributed by atoms with Crippen LogP contribution in [0.5, 0.6) is 0 Å². The van der Waals surface area contributed by atoms with Crippen molar-refractivity contribution in [1.82, 2.24) is 9.62 Å². The SMILES string of the molecule is CC.CCCN(CC1CCNCC1)S(=O)c1cccc2ccccc12. The maximum atomic E-state index is 13.2. The van der Waals surface area contributed by atoms with Crippen molar-refractivity contribution in [2.75, 3.05) is 26.2 Å². The van der Waals surface area contributed by atoms with Crippen LogP contribution in [0.3, 0.4) is 0 Å². The van der Waals surface area contributed by atoms with Gasteiger partial charge in [0.15, 0.2) is 0 Å². The summed E-state index contributed by atoms with van der Waals surface area (Å²) in [5.41, 5.74) is 0. The van der Waals surface area contributed by atoms with Gasteiger partial charge in [-0.1, -0.05) is 57.2 Å². The van der Waals surface area contributed by atoms with Gasteiger partial charge in [0.05, 0.1) is 4.90 Å². The van der Waals surface area contributed by atoms with Gasteiger partial charge >= 0.3 is 0 Å².